The van der Waals surface area contributed by atoms with Crippen LogP contribution in [0.4, 0.5) is 5.69 Å². The van der Waals surface area contributed by atoms with E-state index in [1.54, 1.807) is 31.2 Å². The number of para-hydroxylation sites is 1. The average Bonchev–Trinajstić information content (AvgIpc) is 3.00. The third-order valence-electron chi connectivity index (χ3n) is 5.30. The molecule has 1 amide bonds. The molecule has 156 valence electrons. The number of nitrogens with zero attached hydrogens (tertiary/aromatic N) is 2. The first kappa shape index (κ1) is 21.6. The quantitative estimate of drug-likeness (QED) is 0.457. The van der Waals surface area contributed by atoms with Gasteiger partial charge in [0.2, 0.25) is 0 Å². The van der Waals surface area contributed by atoms with Crippen LogP contribution in [0.5, 0.6) is 0 Å². The van der Waals surface area contributed by atoms with Gasteiger partial charge in [0, 0.05) is 22.8 Å². The molecule has 0 spiro atoms. The number of hydrogen-bond acceptors (Lipinski definition) is 3. The summed E-state index contributed by atoms with van der Waals surface area (Å²) in [7, 11) is 0. The van der Waals surface area contributed by atoms with E-state index in [4.69, 9.17) is 0 Å². The van der Waals surface area contributed by atoms with Crippen molar-refractivity contribution in [2.45, 2.75) is 27.7 Å². The van der Waals surface area contributed by atoms with Crippen LogP contribution in [-0.2, 0) is 4.79 Å². The molecule has 0 radical (unpaired) electrons. The lowest BCUT2D eigenvalue weighted by Gasteiger charge is -2.14. The van der Waals surface area contributed by atoms with Crippen LogP contribution in [-0.4, -0.2) is 21.6 Å². The summed E-state index contributed by atoms with van der Waals surface area (Å²) in [5.41, 5.74) is 5.56. The number of hydrogen-bond donors (Lipinski definition) is 2. The Balaban J connectivity index is 2.01. The Labute approximate surface area is 181 Å². The standard InChI is InChI=1S/C25H23N3O3/c1-15-8-5-6-10-22(15)27-24(29)20(14-26)13-19-12-16(2)28(18(19)4)23-11-7-9-21(17(23)3)25(30)31/h5-13H,1-4H3,(H,27,29)(H,30,31)/b20-13-. The van der Waals surface area contributed by atoms with Crippen molar-refractivity contribution in [1.29, 1.82) is 5.26 Å². The van der Waals surface area contributed by atoms with Crippen LogP contribution in [0.2, 0.25) is 0 Å². The first-order valence-electron chi connectivity index (χ1n) is 9.75. The van der Waals surface area contributed by atoms with Gasteiger partial charge in [-0.05, 0) is 74.7 Å². The lowest BCUT2D eigenvalue weighted by molar-refractivity contribution is -0.112. The van der Waals surface area contributed by atoms with Crippen LogP contribution >= 0.6 is 0 Å². The molecule has 0 saturated carbocycles. The van der Waals surface area contributed by atoms with Gasteiger partial charge in [-0.1, -0.05) is 24.3 Å². The van der Waals surface area contributed by atoms with Crippen molar-refractivity contribution in [3.63, 3.8) is 0 Å². The minimum Gasteiger partial charge on any atom is -0.478 e. The van der Waals surface area contributed by atoms with Crippen LogP contribution in [0, 0.1) is 39.0 Å². The molecule has 0 atom stereocenters. The summed E-state index contributed by atoms with van der Waals surface area (Å²) in [6, 6.07) is 16.3. The fourth-order valence-corrected chi connectivity index (χ4v) is 3.61. The molecule has 0 saturated heterocycles. The molecule has 3 rings (SSSR count). The van der Waals surface area contributed by atoms with Crippen molar-refractivity contribution in [2.75, 3.05) is 5.32 Å². The molecular formula is C25H23N3O3. The predicted octanol–water partition coefficient (Wildman–Crippen LogP) is 4.95. The van der Waals surface area contributed by atoms with E-state index in [-0.39, 0.29) is 11.1 Å². The van der Waals surface area contributed by atoms with Crippen LogP contribution in [0.1, 0.15) is 38.4 Å². The van der Waals surface area contributed by atoms with Gasteiger partial charge in [0.25, 0.3) is 5.91 Å². The second-order valence-corrected chi connectivity index (χ2v) is 7.36. The Hall–Kier alpha value is -4.11. The van der Waals surface area contributed by atoms with E-state index in [1.165, 1.54) is 0 Å². The molecule has 2 N–H and O–H groups in total. The highest BCUT2D eigenvalue weighted by Gasteiger charge is 2.17. The second kappa shape index (κ2) is 8.72. The second-order valence-electron chi connectivity index (χ2n) is 7.36. The number of carbonyl (C=O) groups is 2. The molecule has 31 heavy (non-hydrogen) atoms. The Morgan fingerprint density at radius 1 is 1.06 bits per heavy atom. The topological polar surface area (TPSA) is 95.1 Å². The third-order valence-corrected chi connectivity index (χ3v) is 5.30. The number of aryl methyl sites for hydroxylation is 2. The molecule has 0 unspecified atom stereocenters. The molecule has 0 aliphatic carbocycles. The monoisotopic (exact) mass is 413 g/mol. The van der Waals surface area contributed by atoms with Crippen LogP contribution in [0.3, 0.4) is 0 Å². The lowest BCUT2D eigenvalue weighted by Crippen LogP contribution is -2.14. The molecule has 6 heteroatoms. The van der Waals surface area contributed by atoms with Crippen molar-refractivity contribution in [3.05, 3.63) is 87.7 Å². The summed E-state index contributed by atoms with van der Waals surface area (Å²) in [6.45, 7) is 7.42. The van der Waals surface area contributed by atoms with Crippen molar-refractivity contribution in [2.24, 2.45) is 0 Å². The van der Waals surface area contributed by atoms with Crippen molar-refractivity contribution in [1.82, 2.24) is 4.57 Å². The number of carboxylic acids is 1. The number of nitriles is 1. The molecule has 0 fully saturated rings. The Kier molecular flexibility index (Phi) is 6.07. The SMILES string of the molecule is Cc1ccccc1NC(=O)/C(C#N)=C\c1cc(C)n(-c2cccc(C(=O)O)c2C)c1C. The van der Waals surface area contributed by atoms with E-state index in [2.05, 4.69) is 5.32 Å². The summed E-state index contributed by atoms with van der Waals surface area (Å²) < 4.78 is 1.93. The largest absolute Gasteiger partial charge is 0.478 e. The first-order valence-corrected chi connectivity index (χ1v) is 9.75. The molecular weight excluding hydrogens is 390 g/mol. The van der Waals surface area contributed by atoms with E-state index >= 15 is 0 Å². The van der Waals surface area contributed by atoms with E-state index in [1.807, 2.05) is 61.7 Å². The lowest BCUT2D eigenvalue weighted by atomic mass is 10.1. The number of benzene rings is 2. The molecule has 0 aliphatic heterocycles. The zero-order chi connectivity index (χ0) is 22.7. The predicted molar refractivity (Wildman–Crippen MR) is 120 cm³/mol. The molecule has 0 aliphatic rings. The zero-order valence-corrected chi connectivity index (χ0v) is 17.9. The van der Waals surface area contributed by atoms with Gasteiger partial charge >= 0.3 is 5.97 Å². The highest BCUT2D eigenvalue weighted by atomic mass is 16.4. The number of anilines is 1. The Morgan fingerprint density at radius 3 is 2.42 bits per heavy atom. The van der Waals surface area contributed by atoms with E-state index in [0.29, 0.717) is 16.8 Å². The van der Waals surface area contributed by atoms with Gasteiger partial charge in [0.1, 0.15) is 11.6 Å². The van der Waals surface area contributed by atoms with Crippen LogP contribution in [0.15, 0.2) is 54.1 Å². The van der Waals surface area contributed by atoms with Gasteiger partial charge in [0.05, 0.1) is 5.56 Å². The number of carbonyl (C=O) groups excluding carboxylic acids is 1. The van der Waals surface area contributed by atoms with Crippen molar-refractivity contribution in [3.8, 4) is 11.8 Å². The average molecular weight is 413 g/mol. The van der Waals surface area contributed by atoms with Crippen molar-refractivity contribution < 1.29 is 14.7 Å². The molecule has 3 aromatic rings. The number of carboxylic acid groups (broad SMARTS) is 1. The van der Waals surface area contributed by atoms with Crippen LogP contribution < -0.4 is 5.32 Å². The zero-order valence-electron chi connectivity index (χ0n) is 17.9. The van der Waals surface area contributed by atoms with Crippen molar-refractivity contribution >= 4 is 23.6 Å². The van der Waals surface area contributed by atoms with Gasteiger partial charge in [-0.15, -0.1) is 0 Å². The molecule has 1 aromatic heterocycles. The smallest absolute Gasteiger partial charge is 0.336 e. The fraction of sp³-hybridized carbons (Fsp3) is 0.160. The highest BCUT2D eigenvalue weighted by Crippen LogP contribution is 2.27. The molecule has 0 bridgehead atoms. The van der Waals surface area contributed by atoms with E-state index < -0.39 is 11.9 Å². The summed E-state index contributed by atoms with van der Waals surface area (Å²) in [5.74, 6) is -1.47. The van der Waals surface area contributed by atoms with Gasteiger partial charge < -0.3 is 15.0 Å². The summed E-state index contributed by atoms with van der Waals surface area (Å²) in [5, 5.41) is 21.8. The number of rotatable bonds is 5. The first-order chi connectivity index (χ1) is 14.7. The molecule has 1 heterocycles. The number of amides is 1. The fourth-order valence-electron chi connectivity index (χ4n) is 3.61. The summed E-state index contributed by atoms with van der Waals surface area (Å²) in [4.78, 5) is 24.2. The minimum atomic E-state index is -0.985. The van der Waals surface area contributed by atoms with Gasteiger partial charge in [-0.25, -0.2) is 4.79 Å². The normalized spacial score (nSPS) is 11.1. The number of aromatic carboxylic acids is 1. The maximum Gasteiger partial charge on any atom is 0.336 e. The maximum absolute atomic E-state index is 12.7. The Bertz CT molecular complexity index is 1260. The highest BCUT2D eigenvalue weighted by molar-refractivity contribution is 6.10. The van der Waals surface area contributed by atoms with Gasteiger partial charge in [-0.2, -0.15) is 5.26 Å². The summed E-state index contributed by atoms with van der Waals surface area (Å²) in [6.07, 6.45) is 1.56. The molecule has 2 aromatic carbocycles. The summed E-state index contributed by atoms with van der Waals surface area (Å²) >= 11 is 0. The maximum atomic E-state index is 12.7. The molecule has 6 nitrogen and oxygen atoms in total. The van der Waals surface area contributed by atoms with E-state index in [0.717, 1.165) is 22.6 Å². The minimum absolute atomic E-state index is 0.0143. The van der Waals surface area contributed by atoms with Gasteiger partial charge in [-0.3, -0.25) is 4.79 Å². The van der Waals surface area contributed by atoms with Crippen LogP contribution in [0.25, 0.3) is 11.8 Å². The van der Waals surface area contributed by atoms with Gasteiger partial charge in [0.15, 0.2) is 0 Å². The number of aromatic nitrogens is 1. The third kappa shape index (κ3) is 4.26. The van der Waals surface area contributed by atoms with E-state index in [9.17, 15) is 20.0 Å². The Morgan fingerprint density at radius 2 is 1.77 bits per heavy atom. The number of nitrogens with one attached hydrogen (secondary N) is 1.